The Morgan fingerprint density at radius 2 is 2.18 bits per heavy atom. The van der Waals surface area contributed by atoms with Crippen LogP contribution in [-0.2, 0) is 9.53 Å². The molecule has 3 rings (SSSR count). The molecule has 0 N–H and O–H groups in total. The van der Waals surface area contributed by atoms with Crippen molar-refractivity contribution >= 4 is 44.9 Å². The maximum absolute atomic E-state index is 11.6. The van der Waals surface area contributed by atoms with Crippen LogP contribution in [-0.4, -0.2) is 37.4 Å². The largest absolute Gasteiger partial charge is 0.462 e. The minimum absolute atomic E-state index is 0.110. The van der Waals surface area contributed by atoms with Gasteiger partial charge in [0, 0.05) is 4.88 Å². The van der Waals surface area contributed by atoms with Crippen molar-refractivity contribution in [3.05, 3.63) is 16.8 Å². The molecule has 0 spiro atoms. The minimum Gasteiger partial charge on any atom is -0.462 e. The van der Waals surface area contributed by atoms with E-state index in [1.807, 2.05) is 18.2 Å². The summed E-state index contributed by atoms with van der Waals surface area (Å²) in [5, 5.41) is 10.1. The Balaban J connectivity index is 1.92. The van der Waals surface area contributed by atoms with Gasteiger partial charge in [-0.05, 0) is 33.3 Å². The van der Waals surface area contributed by atoms with Crippen LogP contribution in [0.2, 0.25) is 0 Å². The minimum atomic E-state index is -0.256. The Hall–Kier alpha value is -1.67. The lowest BCUT2D eigenvalue weighted by atomic mass is 10.2. The van der Waals surface area contributed by atoms with Crippen molar-refractivity contribution in [1.29, 1.82) is 0 Å². The molecule has 0 unspecified atom stereocenters. The molecular formula is C14H16N4O2S2. The van der Waals surface area contributed by atoms with Gasteiger partial charge in [0.2, 0.25) is 0 Å². The Morgan fingerprint density at radius 3 is 2.91 bits per heavy atom. The summed E-state index contributed by atoms with van der Waals surface area (Å²) in [6.45, 7) is 7.80. The Labute approximate surface area is 135 Å². The number of carbonyl (C=O) groups is 1. The normalized spacial score (nSPS) is 11.7. The lowest BCUT2D eigenvalue weighted by Gasteiger charge is -2.06. The standard InChI is InChI=1S/C14H16N4O2S2/c1-7(2)20-10(19)5-21-14-17-16-12-11-8(3)9(4)22-13(11)15-6-18(12)14/h6-7H,5H2,1-4H3. The molecule has 8 heteroatoms. The van der Waals surface area contributed by atoms with Crippen molar-refractivity contribution in [2.45, 2.75) is 39.0 Å². The average molecular weight is 336 g/mol. The molecule has 0 saturated heterocycles. The van der Waals surface area contributed by atoms with Gasteiger partial charge in [-0.15, -0.1) is 21.5 Å². The van der Waals surface area contributed by atoms with Gasteiger partial charge >= 0.3 is 5.97 Å². The molecule has 0 radical (unpaired) electrons. The van der Waals surface area contributed by atoms with Crippen LogP contribution >= 0.6 is 23.1 Å². The van der Waals surface area contributed by atoms with Gasteiger partial charge in [-0.25, -0.2) is 4.98 Å². The van der Waals surface area contributed by atoms with Crippen LogP contribution in [0.25, 0.3) is 15.9 Å². The van der Waals surface area contributed by atoms with Gasteiger partial charge in [-0.3, -0.25) is 9.20 Å². The molecule has 6 nitrogen and oxygen atoms in total. The van der Waals surface area contributed by atoms with E-state index in [1.165, 1.54) is 22.2 Å². The summed E-state index contributed by atoms with van der Waals surface area (Å²) in [5.74, 6) is -0.0492. The van der Waals surface area contributed by atoms with E-state index >= 15 is 0 Å². The van der Waals surface area contributed by atoms with Crippen LogP contribution in [0.5, 0.6) is 0 Å². The van der Waals surface area contributed by atoms with Crippen LogP contribution in [0.3, 0.4) is 0 Å². The van der Waals surface area contributed by atoms with E-state index in [9.17, 15) is 4.79 Å². The first-order valence-electron chi connectivity index (χ1n) is 6.89. The molecule has 0 atom stereocenters. The summed E-state index contributed by atoms with van der Waals surface area (Å²) in [4.78, 5) is 18.3. The predicted molar refractivity (Wildman–Crippen MR) is 87.6 cm³/mol. The highest BCUT2D eigenvalue weighted by atomic mass is 32.2. The number of thiophene rings is 1. The van der Waals surface area contributed by atoms with Gasteiger partial charge in [0.15, 0.2) is 10.8 Å². The molecule has 0 amide bonds. The molecule has 0 aromatic carbocycles. The Bertz CT molecular complexity index is 853. The molecule has 3 aromatic rings. The number of aryl methyl sites for hydroxylation is 2. The summed E-state index contributed by atoms with van der Waals surface area (Å²) in [5.41, 5.74) is 1.97. The van der Waals surface area contributed by atoms with Crippen molar-refractivity contribution in [3.8, 4) is 0 Å². The number of fused-ring (bicyclic) bond motifs is 3. The quantitative estimate of drug-likeness (QED) is 0.539. The number of nitrogens with zero attached hydrogens (tertiary/aromatic N) is 4. The van der Waals surface area contributed by atoms with Gasteiger partial charge in [0.1, 0.15) is 11.2 Å². The molecule has 0 aliphatic rings. The van der Waals surface area contributed by atoms with E-state index in [0.29, 0.717) is 5.16 Å². The SMILES string of the molecule is Cc1sc2ncn3c(SCC(=O)OC(C)C)nnc3c2c1C. The maximum atomic E-state index is 11.6. The molecule has 3 aromatic heterocycles. The second kappa shape index (κ2) is 5.85. The predicted octanol–water partition coefficient (Wildman–Crippen LogP) is 3.00. The molecule has 0 aliphatic carbocycles. The number of esters is 1. The topological polar surface area (TPSA) is 69.4 Å². The second-order valence-electron chi connectivity index (χ2n) is 5.21. The first-order valence-corrected chi connectivity index (χ1v) is 8.69. The van der Waals surface area contributed by atoms with E-state index in [1.54, 1.807) is 17.7 Å². The Kier molecular flexibility index (Phi) is 4.05. The molecular weight excluding hydrogens is 320 g/mol. The lowest BCUT2D eigenvalue weighted by molar-refractivity contribution is -0.144. The third-order valence-corrected chi connectivity index (χ3v) is 5.26. The molecule has 116 valence electrons. The zero-order valence-electron chi connectivity index (χ0n) is 12.8. The number of aromatic nitrogens is 4. The van der Waals surface area contributed by atoms with Crippen LogP contribution in [0.15, 0.2) is 11.5 Å². The smallest absolute Gasteiger partial charge is 0.316 e. The van der Waals surface area contributed by atoms with Gasteiger partial charge < -0.3 is 4.74 Å². The average Bonchev–Trinajstić information content (AvgIpc) is 2.98. The monoisotopic (exact) mass is 336 g/mol. The summed E-state index contributed by atoms with van der Waals surface area (Å²) in [6, 6.07) is 0. The van der Waals surface area contributed by atoms with Crippen LogP contribution in [0.4, 0.5) is 0 Å². The molecule has 0 fully saturated rings. The van der Waals surface area contributed by atoms with E-state index in [2.05, 4.69) is 29.0 Å². The number of thioether (sulfide) groups is 1. The second-order valence-corrected chi connectivity index (χ2v) is 7.36. The van der Waals surface area contributed by atoms with Gasteiger partial charge in [0.05, 0.1) is 17.2 Å². The zero-order chi connectivity index (χ0) is 15.9. The number of rotatable bonds is 4. The number of hydrogen-bond acceptors (Lipinski definition) is 7. The van der Waals surface area contributed by atoms with E-state index in [4.69, 9.17) is 4.74 Å². The highest BCUT2D eigenvalue weighted by Crippen LogP contribution is 2.32. The molecule has 0 aliphatic heterocycles. The number of hydrogen-bond donors (Lipinski definition) is 0. The zero-order valence-corrected chi connectivity index (χ0v) is 14.4. The fourth-order valence-electron chi connectivity index (χ4n) is 2.14. The Morgan fingerprint density at radius 1 is 1.41 bits per heavy atom. The fraction of sp³-hybridized carbons (Fsp3) is 0.429. The number of carbonyl (C=O) groups excluding carboxylic acids is 1. The highest BCUT2D eigenvalue weighted by molar-refractivity contribution is 7.99. The first-order chi connectivity index (χ1) is 10.5. The van der Waals surface area contributed by atoms with Gasteiger partial charge in [-0.1, -0.05) is 11.8 Å². The van der Waals surface area contributed by atoms with Crippen LogP contribution in [0, 0.1) is 13.8 Å². The van der Waals surface area contributed by atoms with Crippen LogP contribution < -0.4 is 0 Å². The molecule has 0 bridgehead atoms. The summed E-state index contributed by atoms with van der Waals surface area (Å²) in [6.07, 6.45) is 1.60. The van der Waals surface area contributed by atoms with Crippen molar-refractivity contribution in [1.82, 2.24) is 19.6 Å². The molecule has 3 heterocycles. The van der Waals surface area contributed by atoms with Gasteiger partial charge in [-0.2, -0.15) is 0 Å². The third-order valence-electron chi connectivity index (χ3n) is 3.23. The third kappa shape index (κ3) is 2.68. The van der Waals surface area contributed by atoms with Gasteiger partial charge in [0.25, 0.3) is 0 Å². The van der Waals surface area contributed by atoms with Crippen molar-refractivity contribution in [2.75, 3.05) is 5.75 Å². The van der Waals surface area contributed by atoms with Crippen molar-refractivity contribution in [2.24, 2.45) is 0 Å². The lowest BCUT2D eigenvalue weighted by Crippen LogP contribution is -2.13. The summed E-state index contributed by atoms with van der Waals surface area (Å²) in [7, 11) is 0. The van der Waals surface area contributed by atoms with Crippen molar-refractivity contribution in [3.63, 3.8) is 0 Å². The van der Waals surface area contributed by atoms with E-state index in [-0.39, 0.29) is 17.8 Å². The maximum Gasteiger partial charge on any atom is 0.316 e. The van der Waals surface area contributed by atoms with E-state index in [0.717, 1.165) is 15.9 Å². The first kappa shape index (κ1) is 15.2. The summed E-state index contributed by atoms with van der Waals surface area (Å²) >= 11 is 2.96. The molecule has 0 saturated carbocycles. The number of ether oxygens (including phenoxy) is 1. The van der Waals surface area contributed by atoms with Crippen molar-refractivity contribution < 1.29 is 9.53 Å². The van der Waals surface area contributed by atoms with Crippen LogP contribution in [0.1, 0.15) is 24.3 Å². The highest BCUT2D eigenvalue weighted by Gasteiger charge is 2.16. The fourth-order valence-corrected chi connectivity index (χ4v) is 3.82. The summed E-state index contributed by atoms with van der Waals surface area (Å²) < 4.78 is 6.95. The molecule has 22 heavy (non-hydrogen) atoms. The van der Waals surface area contributed by atoms with E-state index < -0.39 is 0 Å².